The molecule has 8 atom stereocenters. The number of nitrogens with one attached hydrogen (secondary N) is 2. The smallest absolute Gasteiger partial charge is 0.410 e. The second-order valence-electron chi connectivity index (χ2n) is 15.9. The van der Waals surface area contributed by atoms with Gasteiger partial charge in [0.15, 0.2) is 0 Å². The van der Waals surface area contributed by atoms with E-state index in [1.807, 2.05) is 19.0 Å². The number of amides is 1. The average Bonchev–Trinajstić information content (AvgIpc) is 3.32. The van der Waals surface area contributed by atoms with Crippen LogP contribution in [0.2, 0.25) is 0 Å². The van der Waals surface area contributed by atoms with Gasteiger partial charge in [0.2, 0.25) is 0 Å². The number of carbonyl (C=O) groups excluding carboxylic acids is 1. The first-order valence-electron chi connectivity index (χ1n) is 18.6. The van der Waals surface area contributed by atoms with Crippen molar-refractivity contribution < 1.29 is 9.53 Å². The van der Waals surface area contributed by atoms with Gasteiger partial charge in [-0.3, -0.25) is 0 Å². The summed E-state index contributed by atoms with van der Waals surface area (Å²) >= 11 is 0. The van der Waals surface area contributed by atoms with Crippen LogP contribution in [0.4, 0.5) is 4.79 Å². The molecule has 5 heteroatoms. The summed E-state index contributed by atoms with van der Waals surface area (Å²) in [7, 11) is 3.97. The van der Waals surface area contributed by atoms with E-state index in [-0.39, 0.29) is 12.2 Å². The number of nitrogens with zero attached hydrogens (tertiary/aromatic N) is 1. The fourth-order valence-electron chi connectivity index (χ4n) is 10.5. The Morgan fingerprint density at radius 1 is 0.977 bits per heavy atom. The first kappa shape index (κ1) is 34.8. The number of allylic oxidation sites excluding steroid dienone is 1. The molecule has 248 valence electrons. The van der Waals surface area contributed by atoms with Gasteiger partial charge in [0.05, 0.1) is 0 Å². The summed E-state index contributed by atoms with van der Waals surface area (Å²) in [5, 5.41) is 6.44. The molecule has 8 unspecified atom stereocenters. The fraction of sp³-hybridized carbons (Fsp3) is 0.921. The summed E-state index contributed by atoms with van der Waals surface area (Å²) in [6.07, 6.45) is 21.5. The van der Waals surface area contributed by atoms with Crippen molar-refractivity contribution in [2.75, 3.05) is 40.3 Å². The molecule has 5 nitrogen and oxygen atoms in total. The van der Waals surface area contributed by atoms with E-state index in [1.165, 1.54) is 64.2 Å². The van der Waals surface area contributed by atoms with Gasteiger partial charge in [0.25, 0.3) is 0 Å². The molecule has 0 saturated heterocycles. The van der Waals surface area contributed by atoms with Crippen molar-refractivity contribution in [2.24, 2.45) is 46.3 Å². The lowest BCUT2D eigenvalue weighted by Crippen LogP contribution is -2.50. The highest BCUT2D eigenvalue weighted by Gasteiger charge is 2.58. The van der Waals surface area contributed by atoms with E-state index in [9.17, 15) is 4.79 Å². The molecule has 0 heterocycles. The van der Waals surface area contributed by atoms with Crippen LogP contribution in [0.5, 0.6) is 0 Å². The maximum Gasteiger partial charge on any atom is 0.410 e. The van der Waals surface area contributed by atoms with Crippen molar-refractivity contribution in [3.8, 4) is 0 Å². The van der Waals surface area contributed by atoms with Crippen LogP contribution in [-0.2, 0) is 4.74 Å². The van der Waals surface area contributed by atoms with E-state index in [0.29, 0.717) is 10.8 Å². The molecule has 4 rings (SSSR count). The highest BCUT2D eigenvalue weighted by Crippen LogP contribution is 2.66. The Kier molecular flexibility index (Phi) is 12.9. The highest BCUT2D eigenvalue weighted by atomic mass is 16.6. The number of ether oxygens (including phenoxy) is 1. The van der Waals surface area contributed by atoms with Crippen molar-refractivity contribution in [3.63, 3.8) is 0 Å². The zero-order chi connectivity index (χ0) is 31.0. The van der Waals surface area contributed by atoms with Crippen molar-refractivity contribution in [3.05, 3.63) is 11.6 Å². The lowest BCUT2D eigenvalue weighted by molar-refractivity contribution is -0.0535. The minimum atomic E-state index is -0.0902. The summed E-state index contributed by atoms with van der Waals surface area (Å²) in [4.78, 5) is 15.3. The predicted octanol–water partition coefficient (Wildman–Crippen LogP) is 8.83. The van der Waals surface area contributed by atoms with E-state index in [2.05, 4.69) is 51.3 Å². The third-order valence-corrected chi connectivity index (χ3v) is 13.3. The fourth-order valence-corrected chi connectivity index (χ4v) is 10.5. The molecule has 4 aliphatic rings. The Labute approximate surface area is 266 Å². The van der Waals surface area contributed by atoms with Crippen LogP contribution in [0, 0.1) is 46.3 Å². The van der Waals surface area contributed by atoms with Crippen molar-refractivity contribution in [2.45, 2.75) is 137 Å². The molecule has 0 aliphatic heterocycles. The Morgan fingerprint density at radius 3 is 2.44 bits per heavy atom. The van der Waals surface area contributed by atoms with E-state index in [4.69, 9.17) is 4.74 Å². The summed E-state index contributed by atoms with van der Waals surface area (Å²) in [6.45, 7) is 16.0. The van der Waals surface area contributed by atoms with Gasteiger partial charge in [-0.2, -0.15) is 0 Å². The largest absolute Gasteiger partial charge is 0.446 e. The third kappa shape index (κ3) is 8.02. The highest BCUT2D eigenvalue weighted by molar-refractivity contribution is 5.67. The maximum atomic E-state index is 13.3. The van der Waals surface area contributed by atoms with Gasteiger partial charge in [0.1, 0.15) is 6.10 Å². The van der Waals surface area contributed by atoms with Crippen molar-refractivity contribution in [1.29, 1.82) is 0 Å². The van der Waals surface area contributed by atoms with Gasteiger partial charge < -0.3 is 20.3 Å². The molecule has 2 N–H and O–H groups in total. The van der Waals surface area contributed by atoms with Crippen LogP contribution in [0.1, 0.15) is 131 Å². The zero-order valence-corrected chi connectivity index (χ0v) is 29.3. The second kappa shape index (κ2) is 16.0. The van der Waals surface area contributed by atoms with Gasteiger partial charge in [-0.05, 0) is 144 Å². The Bertz CT molecular complexity index is 904. The molecule has 4 aliphatic carbocycles. The lowest BCUT2D eigenvalue weighted by Gasteiger charge is -2.58. The number of rotatable bonds is 16. The Hall–Kier alpha value is -1.07. The lowest BCUT2D eigenvalue weighted by atomic mass is 9.47. The monoisotopic (exact) mass is 600 g/mol. The Morgan fingerprint density at radius 2 is 1.72 bits per heavy atom. The zero-order valence-electron chi connectivity index (χ0n) is 29.3. The Balaban J connectivity index is 1.34. The summed E-state index contributed by atoms with van der Waals surface area (Å²) in [6, 6.07) is 0. The number of carbonyl (C=O) groups is 1. The molecule has 0 radical (unpaired) electrons. The molecular formula is C38H69N3O2. The standard InChI is InChI=1S/C38H69N3O2/c1-8-29(28(2)3)13-11-14-30-16-18-34-33-17-15-31-27-32(19-21-38(31,5)35(33)20-22-37(30,34)4)43-36(42)41(26-12-24-40-7)25-10-9-23-39-6/h15,28-30,32-35,39-40H,8-14,16-27H2,1-7H3. The average molecular weight is 600 g/mol. The molecular weight excluding hydrogens is 530 g/mol. The van der Waals surface area contributed by atoms with Gasteiger partial charge in [-0.1, -0.05) is 65.5 Å². The van der Waals surface area contributed by atoms with Crippen LogP contribution < -0.4 is 10.6 Å². The van der Waals surface area contributed by atoms with Gasteiger partial charge in [0, 0.05) is 19.5 Å². The molecule has 0 spiro atoms. The van der Waals surface area contributed by atoms with Crippen LogP contribution in [0.15, 0.2) is 11.6 Å². The first-order chi connectivity index (χ1) is 20.7. The molecule has 3 fully saturated rings. The SMILES string of the molecule is CCC(CCCC1CCC2C3CC=C4CC(OC(=O)N(CCCCNC)CCCNC)CCC4(C)C3CCC12C)C(C)C. The summed E-state index contributed by atoms with van der Waals surface area (Å²) in [5.74, 6) is 5.24. The van der Waals surface area contributed by atoms with Gasteiger partial charge >= 0.3 is 6.09 Å². The van der Waals surface area contributed by atoms with E-state index in [1.54, 1.807) is 5.57 Å². The van der Waals surface area contributed by atoms with Gasteiger partial charge in [-0.25, -0.2) is 4.79 Å². The quantitative estimate of drug-likeness (QED) is 0.137. The molecule has 0 aromatic carbocycles. The van der Waals surface area contributed by atoms with Crippen LogP contribution in [0.3, 0.4) is 0 Å². The van der Waals surface area contributed by atoms with Crippen LogP contribution in [-0.4, -0.2) is 57.4 Å². The molecule has 3 saturated carbocycles. The minimum Gasteiger partial charge on any atom is -0.446 e. The maximum absolute atomic E-state index is 13.3. The number of unbranched alkanes of at least 4 members (excludes halogenated alkanes) is 1. The van der Waals surface area contributed by atoms with Gasteiger partial charge in [-0.15, -0.1) is 0 Å². The van der Waals surface area contributed by atoms with E-state index < -0.39 is 0 Å². The summed E-state index contributed by atoms with van der Waals surface area (Å²) < 4.78 is 6.26. The van der Waals surface area contributed by atoms with Crippen LogP contribution >= 0.6 is 0 Å². The molecule has 0 bridgehead atoms. The normalized spacial score (nSPS) is 34.2. The third-order valence-electron chi connectivity index (χ3n) is 13.3. The topological polar surface area (TPSA) is 53.6 Å². The summed E-state index contributed by atoms with van der Waals surface area (Å²) in [5.41, 5.74) is 2.47. The molecule has 0 aromatic heterocycles. The minimum absolute atomic E-state index is 0.0370. The molecule has 0 aromatic rings. The van der Waals surface area contributed by atoms with E-state index in [0.717, 1.165) is 93.8 Å². The second-order valence-corrected chi connectivity index (χ2v) is 15.9. The molecule has 43 heavy (non-hydrogen) atoms. The number of hydrogen-bond acceptors (Lipinski definition) is 4. The first-order valence-corrected chi connectivity index (χ1v) is 18.6. The number of hydrogen-bond donors (Lipinski definition) is 2. The van der Waals surface area contributed by atoms with Crippen molar-refractivity contribution in [1.82, 2.24) is 15.5 Å². The number of fused-ring (bicyclic) bond motifs is 5. The van der Waals surface area contributed by atoms with Crippen molar-refractivity contribution >= 4 is 6.09 Å². The van der Waals surface area contributed by atoms with E-state index >= 15 is 0 Å². The van der Waals surface area contributed by atoms with Crippen LogP contribution in [0.25, 0.3) is 0 Å². The predicted molar refractivity (Wildman–Crippen MR) is 181 cm³/mol. The molecule has 1 amide bonds.